The second kappa shape index (κ2) is 10.9. The highest BCUT2D eigenvalue weighted by Crippen LogP contribution is 2.36. The molecule has 0 saturated heterocycles. The molecule has 0 aromatic heterocycles. The number of oxime groups is 1. The quantitative estimate of drug-likeness (QED) is 0.392. The van der Waals surface area contributed by atoms with Gasteiger partial charge >= 0.3 is 0 Å². The summed E-state index contributed by atoms with van der Waals surface area (Å²) in [4.78, 5) is 22.0. The maximum Gasteiger partial charge on any atom is 0.269 e. The van der Waals surface area contributed by atoms with Crippen LogP contribution in [0, 0.1) is 0 Å². The van der Waals surface area contributed by atoms with Crippen molar-refractivity contribution < 1.29 is 9.63 Å². The number of hydrogen-bond donors (Lipinski definition) is 1. The number of carbonyl (C=O) groups is 1. The maximum absolute atomic E-state index is 12.2. The van der Waals surface area contributed by atoms with Gasteiger partial charge in [0, 0.05) is 31.1 Å². The molecule has 4 rings (SSSR count). The Bertz CT molecular complexity index is 1210. The van der Waals surface area contributed by atoms with Crippen LogP contribution in [0.3, 0.4) is 0 Å². The van der Waals surface area contributed by atoms with E-state index in [0.717, 1.165) is 22.4 Å². The fraction of sp³-hybridized carbons (Fsp3) is 0.276. The number of aryl methyl sites for hydroxylation is 1. The Morgan fingerprint density at radius 2 is 1.76 bits per heavy atom. The van der Waals surface area contributed by atoms with E-state index in [4.69, 9.17) is 4.84 Å². The van der Waals surface area contributed by atoms with Crippen molar-refractivity contribution in [2.75, 3.05) is 14.1 Å². The summed E-state index contributed by atoms with van der Waals surface area (Å²) in [7, 11) is 3.21. The van der Waals surface area contributed by atoms with Gasteiger partial charge in [-0.15, -0.1) is 0 Å². The number of amides is 1. The molecule has 0 spiro atoms. The smallest absolute Gasteiger partial charge is 0.269 e. The first kappa shape index (κ1) is 23.4. The molecule has 5 nitrogen and oxygen atoms in total. The summed E-state index contributed by atoms with van der Waals surface area (Å²) in [6, 6.07) is 25.1. The minimum atomic E-state index is -0.227. The van der Waals surface area contributed by atoms with Crippen LogP contribution in [0.5, 0.6) is 0 Å². The summed E-state index contributed by atoms with van der Waals surface area (Å²) >= 11 is 0. The molecule has 5 heteroatoms. The van der Waals surface area contributed by atoms with E-state index < -0.39 is 0 Å². The van der Waals surface area contributed by atoms with E-state index in [0.29, 0.717) is 11.6 Å². The van der Waals surface area contributed by atoms with Gasteiger partial charge in [-0.1, -0.05) is 78.0 Å². The number of aliphatic imine (C=N–C) groups is 1. The third kappa shape index (κ3) is 5.09. The highest BCUT2D eigenvalue weighted by molar-refractivity contribution is 6.45. The molecule has 1 unspecified atom stereocenters. The van der Waals surface area contributed by atoms with E-state index in [2.05, 4.69) is 64.0 Å². The number of nitrogens with one attached hydrogen (secondary N) is 1. The van der Waals surface area contributed by atoms with E-state index in [-0.39, 0.29) is 12.5 Å². The van der Waals surface area contributed by atoms with Crippen molar-refractivity contribution in [1.29, 1.82) is 0 Å². The molecule has 0 bridgehead atoms. The molecule has 0 aliphatic heterocycles. The minimum absolute atomic E-state index is 0.227. The van der Waals surface area contributed by atoms with E-state index in [1.54, 1.807) is 14.1 Å². The normalized spacial score (nSPS) is 16.0. The lowest BCUT2D eigenvalue weighted by atomic mass is 9.79. The van der Waals surface area contributed by atoms with Crippen molar-refractivity contribution in [1.82, 2.24) is 5.32 Å². The van der Waals surface area contributed by atoms with Gasteiger partial charge in [0.15, 0.2) is 0 Å². The van der Waals surface area contributed by atoms with Gasteiger partial charge in [-0.05, 0) is 48.4 Å². The Morgan fingerprint density at radius 3 is 2.53 bits per heavy atom. The molecule has 0 radical (unpaired) electrons. The zero-order valence-electron chi connectivity index (χ0n) is 20.0. The Morgan fingerprint density at radius 1 is 1.03 bits per heavy atom. The average molecular weight is 454 g/mol. The number of hydrogen-bond acceptors (Lipinski definition) is 4. The van der Waals surface area contributed by atoms with Crippen molar-refractivity contribution in [3.8, 4) is 0 Å². The molecule has 3 aromatic carbocycles. The number of carbonyl (C=O) groups excluding carboxylic acids is 1. The van der Waals surface area contributed by atoms with Gasteiger partial charge in [0.05, 0.1) is 5.71 Å². The van der Waals surface area contributed by atoms with Crippen LogP contribution in [-0.4, -0.2) is 31.4 Å². The molecule has 3 aromatic rings. The number of likely N-dealkylation sites (N-methyl/N-ethyl adjacent to an activating group) is 1. The lowest BCUT2D eigenvalue weighted by molar-refractivity contribution is -0.114. The number of rotatable bonds is 7. The zero-order valence-corrected chi connectivity index (χ0v) is 20.0. The molecule has 0 heterocycles. The van der Waals surface area contributed by atoms with Gasteiger partial charge < -0.3 is 10.2 Å². The molecule has 1 amide bonds. The van der Waals surface area contributed by atoms with Crippen molar-refractivity contribution in [2.45, 2.75) is 38.7 Å². The number of fused-ring (bicyclic) bond motifs is 1. The summed E-state index contributed by atoms with van der Waals surface area (Å²) < 4.78 is 0. The molecular formula is C29H31N3O2. The van der Waals surface area contributed by atoms with Gasteiger partial charge in [-0.25, -0.2) is 0 Å². The largest absolute Gasteiger partial charge is 0.391 e. The van der Waals surface area contributed by atoms with Gasteiger partial charge in [0.25, 0.3) is 5.91 Å². The highest BCUT2D eigenvalue weighted by atomic mass is 16.6. The highest BCUT2D eigenvalue weighted by Gasteiger charge is 2.21. The monoisotopic (exact) mass is 453 g/mol. The summed E-state index contributed by atoms with van der Waals surface area (Å²) in [6.45, 7) is 2.20. The maximum atomic E-state index is 12.2. The van der Waals surface area contributed by atoms with Crippen molar-refractivity contribution in [3.05, 3.63) is 106 Å². The molecule has 0 fully saturated rings. The molecule has 1 aliphatic rings. The predicted octanol–water partition coefficient (Wildman–Crippen LogP) is 5.26. The molecule has 1 atom stereocenters. The van der Waals surface area contributed by atoms with Crippen molar-refractivity contribution in [3.63, 3.8) is 0 Å². The zero-order chi connectivity index (χ0) is 23.9. The summed E-state index contributed by atoms with van der Waals surface area (Å²) in [5, 5.41) is 6.97. The van der Waals surface area contributed by atoms with Crippen LogP contribution in [0.2, 0.25) is 0 Å². The predicted molar refractivity (Wildman–Crippen MR) is 138 cm³/mol. The minimum Gasteiger partial charge on any atom is -0.391 e. The second-order valence-electron chi connectivity index (χ2n) is 8.52. The van der Waals surface area contributed by atoms with Crippen LogP contribution in [0.4, 0.5) is 0 Å². The summed E-state index contributed by atoms with van der Waals surface area (Å²) in [5.41, 5.74) is 8.10. The van der Waals surface area contributed by atoms with Crippen LogP contribution in [0.15, 0.2) is 82.9 Å². The fourth-order valence-electron chi connectivity index (χ4n) is 4.65. The standard InChI is InChI=1S/C29H31N3O2/c1-20(32-34-19-24-10-5-7-13-27(24)28(30-2)29(33)31-3)21-15-17-23(18-16-21)26-14-8-11-22-9-4-6-12-25(22)26/h4-7,9-10,12-13,15-18,26H,8,11,14,19H2,1-3H3,(H,31,33)/b30-28?,32-20+. The molecule has 1 aliphatic carbocycles. The van der Waals surface area contributed by atoms with E-state index in [1.807, 2.05) is 31.2 Å². The SMILES string of the molecule is CN=C(C(=O)NC)c1ccccc1CO/N=C(\C)c1ccc(C2CCCc3ccccc32)cc1. The van der Waals surface area contributed by atoms with Crippen molar-refractivity contribution >= 4 is 17.3 Å². The topological polar surface area (TPSA) is 63.0 Å². The average Bonchev–Trinajstić information content (AvgIpc) is 2.89. The second-order valence-corrected chi connectivity index (χ2v) is 8.52. The number of nitrogens with zero attached hydrogens (tertiary/aromatic N) is 2. The Labute approximate surface area is 201 Å². The molecular weight excluding hydrogens is 422 g/mol. The van der Waals surface area contributed by atoms with Crippen molar-refractivity contribution in [2.24, 2.45) is 10.1 Å². The van der Waals surface area contributed by atoms with Gasteiger partial charge in [-0.3, -0.25) is 9.79 Å². The Balaban J connectivity index is 1.45. The third-order valence-electron chi connectivity index (χ3n) is 6.46. The van der Waals surface area contributed by atoms with E-state index >= 15 is 0 Å². The summed E-state index contributed by atoms with van der Waals surface area (Å²) in [6.07, 6.45) is 3.58. The third-order valence-corrected chi connectivity index (χ3v) is 6.46. The first-order valence-corrected chi connectivity index (χ1v) is 11.7. The van der Waals surface area contributed by atoms with Crippen LogP contribution in [0.1, 0.15) is 59.1 Å². The summed E-state index contributed by atoms with van der Waals surface area (Å²) in [5.74, 6) is 0.231. The number of benzene rings is 3. The molecule has 174 valence electrons. The Hall–Kier alpha value is -3.73. The van der Waals surface area contributed by atoms with Gasteiger partial charge in [0.1, 0.15) is 12.3 Å². The first-order chi connectivity index (χ1) is 16.6. The molecule has 1 N–H and O–H groups in total. The molecule has 34 heavy (non-hydrogen) atoms. The van der Waals surface area contributed by atoms with Crippen LogP contribution in [-0.2, 0) is 22.7 Å². The fourth-order valence-corrected chi connectivity index (χ4v) is 4.65. The van der Waals surface area contributed by atoms with Crippen LogP contribution >= 0.6 is 0 Å². The van der Waals surface area contributed by atoms with Gasteiger partial charge in [-0.2, -0.15) is 0 Å². The van der Waals surface area contributed by atoms with Crippen LogP contribution < -0.4 is 5.32 Å². The van der Waals surface area contributed by atoms with E-state index in [1.165, 1.54) is 36.0 Å². The lowest BCUT2D eigenvalue weighted by Crippen LogP contribution is -2.29. The lowest BCUT2D eigenvalue weighted by Gasteiger charge is -2.26. The van der Waals surface area contributed by atoms with Gasteiger partial charge in [0.2, 0.25) is 0 Å². The van der Waals surface area contributed by atoms with Crippen LogP contribution in [0.25, 0.3) is 0 Å². The molecule has 0 saturated carbocycles. The Kier molecular flexibility index (Phi) is 7.53. The first-order valence-electron chi connectivity index (χ1n) is 11.7. The van der Waals surface area contributed by atoms with E-state index in [9.17, 15) is 4.79 Å².